The van der Waals surface area contributed by atoms with Gasteiger partial charge in [0, 0.05) is 6.54 Å². The quantitative estimate of drug-likeness (QED) is 0.815. The molecule has 2 atom stereocenters. The molecule has 0 amide bonds. The minimum atomic E-state index is -3.56. The first kappa shape index (κ1) is 14.4. The van der Waals surface area contributed by atoms with E-state index in [1.807, 2.05) is 6.92 Å². The van der Waals surface area contributed by atoms with Crippen molar-refractivity contribution in [3.8, 4) is 0 Å². The molecular weight excluding hydrogens is 242 g/mol. The van der Waals surface area contributed by atoms with Gasteiger partial charge in [-0.2, -0.15) is 4.31 Å². The van der Waals surface area contributed by atoms with Crippen LogP contribution < -0.4 is 0 Å². The lowest BCUT2D eigenvalue weighted by Crippen LogP contribution is -2.54. The lowest BCUT2D eigenvalue weighted by molar-refractivity contribution is -0.143. The molecule has 0 radical (unpaired) electrons. The van der Waals surface area contributed by atoms with E-state index in [1.165, 1.54) is 0 Å². The maximum Gasteiger partial charge on any atom is 0.322 e. The molecule has 1 aliphatic heterocycles. The molecule has 17 heavy (non-hydrogen) atoms. The van der Waals surface area contributed by atoms with Gasteiger partial charge in [-0.3, -0.25) is 4.79 Å². The number of piperidine rings is 1. The zero-order chi connectivity index (χ0) is 13.4. The molecule has 0 aromatic heterocycles. The first-order chi connectivity index (χ1) is 7.57. The first-order valence-electron chi connectivity index (χ1n) is 5.81. The lowest BCUT2D eigenvalue weighted by Gasteiger charge is -2.38. The van der Waals surface area contributed by atoms with Gasteiger partial charge in [0.15, 0.2) is 0 Å². The van der Waals surface area contributed by atoms with Crippen LogP contribution in [0.1, 0.15) is 40.5 Å². The standard InChI is InChI=1S/C11H21NO4S/c1-8-5-6-12(9(7-8)10(13)14)17(15,16)11(2,3)4/h8-9H,5-7H2,1-4H3,(H,13,14). The van der Waals surface area contributed by atoms with Crippen LogP contribution in [0.25, 0.3) is 0 Å². The first-order valence-corrected chi connectivity index (χ1v) is 7.25. The number of aliphatic carboxylic acids is 1. The van der Waals surface area contributed by atoms with E-state index in [0.717, 1.165) is 10.7 Å². The second-order valence-electron chi connectivity index (χ2n) is 5.71. The van der Waals surface area contributed by atoms with E-state index in [9.17, 15) is 13.2 Å². The van der Waals surface area contributed by atoms with Crippen LogP contribution in [0, 0.1) is 5.92 Å². The number of nitrogens with zero attached hydrogens (tertiary/aromatic N) is 1. The highest BCUT2D eigenvalue weighted by atomic mass is 32.2. The van der Waals surface area contributed by atoms with Gasteiger partial charge in [0.2, 0.25) is 10.0 Å². The molecule has 1 N–H and O–H groups in total. The predicted molar refractivity (Wildman–Crippen MR) is 65.2 cm³/mol. The number of rotatable bonds is 2. The molecule has 2 unspecified atom stereocenters. The average Bonchev–Trinajstić information content (AvgIpc) is 2.15. The van der Waals surface area contributed by atoms with Gasteiger partial charge in [-0.15, -0.1) is 0 Å². The second kappa shape index (κ2) is 4.57. The Balaban J connectivity index is 3.07. The average molecular weight is 263 g/mol. The Morgan fingerprint density at radius 3 is 2.29 bits per heavy atom. The fraction of sp³-hybridized carbons (Fsp3) is 0.909. The van der Waals surface area contributed by atoms with Crippen molar-refractivity contribution in [2.45, 2.75) is 51.3 Å². The summed E-state index contributed by atoms with van der Waals surface area (Å²) in [5, 5.41) is 9.15. The molecule has 0 saturated carbocycles. The van der Waals surface area contributed by atoms with Gasteiger partial charge in [0.05, 0.1) is 4.75 Å². The van der Waals surface area contributed by atoms with E-state index in [2.05, 4.69) is 0 Å². The zero-order valence-electron chi connectivity index (χ0n) is 10.8. The van der Waals surface area contributed by atoms with Crippen LogP contribution in [0.4, 0.5) is 0 Å². The minimum Gasteiger partial charge on any atom is -0.480 e. The van der Waals surface area contributed by atoms with Crippen molar-refractivity contribution in [3.63, 3.8) is 0 Å². The molecule has 1 heterocycles. The van der Waals surface area contributed by atoms with E-state index in [0.29, 0.717) is 13.0 Å². The molecule has 6 heteroatoms. The number of sulfonamides is 1. The van der Waals surface area contributed by atoms with E-state index in [1.54, 1.807) is 20.8 Å². The number of carboxylic acid groups (broad SMARTS) is 1. The van der Waals surface area contributed by atoms with Crippen molar-refractivity contribution in [1.82, 2.24) is 4.31 Å². The minimum absolute atomic E-state index is 0.252. The summed E-state index contributed by atoms with van der Waals surface area (Å²) in [5.74, 6) is -0.799. The fourth-order valence-electron chi connectivity index (χ4n) is 1.98. The monoisotopic (exact) mass is 263 g/mol. The van der Waals surface area contributed by atoms with Crippen LogP contribution in [0.5, 0.6) is 0 Å². The van der Waals surface area contributed by atoms with Crippen LogP contribution in [0.15, 0.2) is 0 Å². The number of hydrogen-bond acceptors (Lipinski definition) is 3. The summed E-state index contributed by atoms with van der Waals surface area (Å²) in [6.07, 6.45) is 1.11. The van der Waals surface area contributed by atoms with Gasteiger partial charge < -0.3 is 5.11 Å². The molecule has 1 rings (SSSR count). The Labute approximate surface area is 103 Å². The topological polar surface area (TPSA) is 74.7 Å². The van der Waals surface area contributed by atoms with Crippen LogP contribution >= 0.6 is 0 Å². The van der Waals surface area contributed by atoms with Gasteiger partial charge in [0.1, 0.15) is 6.04 Å². The van der Waals surface area contributed by atoms with Crippen molar-refractivity contribution in [3.05, 3.63) is 0 Å². The molecule has 1 saturated heterocycles. The maximum atomic E-state index is 12.3. The highest BCUT2D eigenvalue weighted by molar-refractivity contribution is 7.90. The van der Waals surface area contributed by atoms with Crippen molar-refractivity contribution < 1.29 is 18.3 Å². The normalized spacial score (nSPS) is 28.0. The van der Waals surface area contributed by atoms with Gasteiger partial charge in [-0.05, 0) is 39.5 Å². The Bertz CT molecular complexity index is 396. The zero-order valence-corrected chi connectivity index (χ0v) is 11.6. The summed E-state index contributed by atoms with van der Waals surface area (Å²) in [5.41, 5.74) is 0. The largest absolute Gasteiger partial charge is 0.480 e. The summed E-state index contributed by atoms with van der Waals surface area (Å²) in [4.78, 5) is 11.2. The van der Waals surface area contributed by atoms with Crippen LogP contribution in [0.3, 0.4) is 0 Å². The van der Waals surface area contributed by atoms with Gasteiger partial charge in [0.25, 0.3) is 0 Å². The number of carbonyl (C=O) groups is 1. The van der Waals surface area contributed by atoms with Crippen LogP contribution in [-0.2, 0) is 14.8 Å². The Morgan fingerprint density at radius 1 is 1.35 bits per heavy atom. The van der Waals surface area contributed by atoms with E-state index in [-0.39, 0.29) is 5.92 Å². The van der Waals surface area contributed by atoms with Crippen molar-refractivity contribution in [2.75, 3.05) is 6.54 Å². The Kier molecular flexibility index (Phi) is 3.88. The molecular formula is C11H21NO4S. The molecule has 0 bridgehead atoms. The van der Waals surface area contributed by atoms with E-state index >= 15 is 0 Å². The number of carboxylic acids is 1. The Hall–Kier alpha value is -0.620. The maximum absolute atomic E-state index is 12.3. The summed E-state index contributed by atoms with van der Waals surface area (Å²) in [7, 11) is -3.56. The number of hydrogen-bond donors (Lipinski definition) is 1. The summed E-state index contributed by atoms with van der Waals surface area (Å²) in [6, 6.07) is -0.914. The molecule has 5 nitrogen and oxygen atoms in total. The van der Waals surface area contributed by atoms with Crippen LogP contribution in [0.2, 0.25) is 0 Å². The molecule has 1 aliphatic rings. The van der Waals surface area contributed by atoms with Gasteiger partial charge in [-0.25, -0.2) is 8.42 Å². The molecule has 0 aliphatic carbocycles. The van der Waals surface area contributed by atoms with E-state index < -0.39 is 26.8 Å². The van der Waals surface area contributed by atoms with Gasteiger partial charge >= 0.3 is 5.97 Å². The SMILES string of the molecule is CC1CCN(S(=O)(=O)C(C)(C)C)C(C(=O)O)C1. The van der Waals surface area contributed by atoms with Crippen molar-refractivity contribution in [2.24, 2.45) is 5.92 Å². The third-order valence-electron chi connectivity index (χ3n) is 3.18. The summed E-state index contributed by atoms with van der Waals surface area (Å²) < 4.78 is 24.8. The summed E-state index contributed by atoms with van der Waals surface area (Å²) in [6.45, 7) is 7.05. The lowest BCUT2D eigenvalue weighted by atomic mass is 9.94. The predicted octanol–water partition coefficient (Wildman–Crippen LogP) is 1.30. The third kappa shape index (κ3) is 2.80. The van der Waals surface area contributed by atoms with Gasteiger partial charge in [-0.1, -0.05) is 6.92 Å². The highest BCUT2D eigenvalue weighted by Crippen LogP contribution is 2.30. The molecule has 0 aromatic carbocycles. The Morgan fingerprint density at radius 2 is 1.88 bits per heavy atom. The molecule has 0 spiro atoms. The molecule has 100 valence electrons. The highest BCUT2D eigenvalue weighted by Gasteiger charge is 2.44. The van der Waals surface area contributed by atoms with Crippen molar-refractivity contribution in [1.29, 1.82) is 0 Å². The smallest absolute Gasteiger partial charge is 0.322 e. The second-order valence-corrected chi connectivity index (χ2v) is 8.36. The van der Waals surface area contributed by atoms with E-state index in [4.69, 9.17) is 5.11 Å². The van der Waals surface area contributed by atoms with Crippen LogP contribution in [-0.4, -0.2) is 41.1 Å². The third-order valence-corrected chi connectivity index (χ3v) is 5.79. The summed E-state index contributed by atoms with van der Waals surface area (Å²) >= 11 is 0. The fourth-order valence-corrected chi connectivity index (χ4v) is 3.54. The molecule has 0 aromatic rings. The van der Waals surface area contributed by atoms with Crippen molar-refractivity contribution >= 4 is 16.0 Å². The molecule has 1 fully saturated rings.